The highest BCUT2D eigenvalue weighted by atomic mass is 79.9. The molecule has 0 saturated heterocycles. The zero-order chi connectivity index (χ0) is 13.8. The molecule has 2 rings (SSSR count). The van der Waals surface area contributed by atoms with E-state index in [9.17, 15) is 0 Å². The number of ether oxygens (including phenoxy) is 1. The van der Waals surface area contributed by atoms with Gasteiger partial charge in [-0.25, -0.2) is 0 Å². The molecule has 0 aliphatic carbocycles. The predicted molar refractivity (Wildman–Crippen MR) is 87.1 cm³/mol. The van der Waals surface area contributed by atoms with Crippen LogP contribution >= 0.6 is 31.9 Å². The zero-order valence-electron chi connectivity index (χ0n) is 10.9. The van der Waals surface area contributed by atoms with Crippen LogP contribution in [0.25, 0.3) is 0 Å². The molecule has 0 aromatic heterocycles. The molecule has 19 heavy (non-hydrogen) atoms. The van der Waals surface area contributed by atoms with Crippen LogP contribution in [0, 0.1) is 0 Å². The Bertz CT molecular complexity index is 535. The maximum Gasteiger partial charge on any atom is 0.119 e. The van der Waals surface area contributed by atoms with Crippen molar-refractivity contribution in [3.63, 3.8) is 0 Å². The van der Waals surface area contributed by atoms with Gasteiger partial charge in [-0.2, -0.15) is 0 Å². The van der Waals surface area contributed by atoms with Crippen molar-refractivity contribution in [1.29, 1.82) is 0 Å². The van der Waals surface area contributed by atoms with Gasteiger partial charge in [0.25, 0.3) is 0 Å². The number of rotatable bonds is 4. The molecule has 0 bridgehead atoms. The second-order valence-corrected chi connectivity index (χ2v) is 6.39. The van der Waals surface area contributed by atoms with E-state index in [1.165, 1.54) is 11.1 Å². The molecule has 0 fully saturated rings. The minimum absolute atomic E-state index is 0.177. The summed E-state index contributed by atoms with van der Waals surface area (Å²) in [6, 6.07) is 16.5. The summed E-state index contributed by atoms with van der Waals surface area (Å²) in [4.78, 5) is 0.177. The fourth-order valence-corrected chi connectivity index (χ4v) is 3.37. The first-order valence-corrected chi connectivity index (χ1v) is 7.94. The highest BCUT2D eigenvalue weighted by Gasteiger charge is 2.13. The third kappa shape index (κ3) is 3.83. The normalized spacial score (nSPS) is 12.5. The van der Waals surface area contributed by atoms with E-state index in [0.29, 0.717) is 0 Å². The van der Waals surface area contributed by atoms with E-state index in [1.807, 2.05) is 38.1 Å². The van der Waals surface area contributed by atoms with Gasteiger partial charge in [0, 0.05) is 4.47 Å². The van der Waals surface area contributed by atoms with Crippen LogP contribution in [0.4, 0.5) is 0 Å². The average molecular weight is 384 g/mol. The van der Waals surface area contributed by atoms with Gasteiger partial charge < -0.3 is 4.74 Å². The van der Waals surface area contributed by atoms with E-state index in [1.54, 1.807) is 0 Å². The maximum atomic E-state index is 5.65. The van der Waals surface area contributed by atoms with E-state index in [2.05, 4.69) is 56.1 Å². The lowest BCUT2D eigenvalue weighted by Gasteiger charge is -2.14. The smallest absolute Gasteiger partial charge is 0.119 e. The van der Waals surface area contributed by atoms with Gasteiger partial charge in [0.15, 0.2) is 0 Å². The van der Waals surface area contributed by atoms with Crippen LogP contribution in [0.1, 0.15) is 29.8 Å². The lowest BCUT2D eigenvalue weighted by molar-refractivity contribution is 0.242. The van der Waals surface area contributed by atoms with Crippen molar-refractivity contribution < 1.29 is 4.74 Å². The molecular formula is C16H16Br2O. The molecule has 1 atom stereocenters. The quantitative estimate of drug-likeness (QED) is 0.613. The molecule has 2 aromatic rings. The van der Waals surface area contributed by atoms with Crippen molar-refractivity contribution in [1.82, 2.24) is 0 Å². The summed E-state index contributed by atoms with van der Waals surface area (Å²) >= 11 is 7.34. The molecule has 0 spiro atoms. The van der Waals surface area contributed by atoms with Crippen molar-refractivity contribution in [2.45, 2.75) is 24.8 Å². The predicted octanol–water partition coefficient (Wildman–Crippen LogP) is 5.72. The number of halogens is 2. The van der Waals surface area contributed by atoms with E-state index in [0.717, 1.165) is 10.2 Å². The maximum absolute atomic E-state index is 5.65. The number of alkyl halides is 1. The minimum Gasteiger partial charge on any atom is -0.491 e. The highest BCUT2D eigenvalue weighted by molar-refractivity contribution is 9.11. The van der Waals surface area contributed by atoms with Crippen LogP contribution < -0.4 is 4.74 Å². The van der Waals surface area contributed by atoms with Crippen LogP contribution in [-0.4, -0.2) is 6.10 Å². The molecule has 1 unspecified atom stereocenters. The van der Waals surface area contributed by atoms with Gasteiger partial charge in [-0.3, -0.25) is 0 Å². The Labute approximate surface area is 131 Å². The van der Waals surface area contributed by atoms with Gasteiger partial charge in [-0.15, -0.1) is 0 Å². The molecule has 1 nitrogen and oxygen atoms in total. The Morgan fingerprint density at radius 1 is 0.947 bits per heavy atom. The standard InChI is InChI=1S/C16H16Br2O/c1-11(2)19-13-9-7-12(8-10-13)16(18)14-5-3-4-6-15(14)17/h3-11,16H,1-2H3. The lowest BCUT2D eigenvalue weighted by Crippen LogP contribution is -2.05. The summed E-state index contributed by atoms with van der Waals surface area (Å²) in [5.41, 5.74) is 2.43. The first-order chi connectivity index (χ1) is 9.08. The molecule has 0 N–H and O–H groups in total. The molecular weight excluding hydrogens is 368 g/mol. The van der Waals surface area contributed by atoms with E-state index in [-0.39, 0.29) is 10.9 Å². The average Bonchev–Trinajstić information content (AvgIpc) is 2.39. The van der Waals surface area contributed by atoms with Crippen LogP contribution in [0.2, 0.25) is 0 Å². The van der Waals surface area contributed by atoms with E-state index >= 15 is 0 Å². The fraction of sp³-hybridized carbons (Fsp3) is 0.250. The summed E-state index contributed by atoms with van der Waals surface area (Å²) in [7, 11) is 0. The second kappa shape index (κ2) is 6.58. The molecule has 0 heterocycles. The number of benzene rings is 2. The third-order valence-electron chi connectivity index (χ3n) is 2.72. The Morgan fingerprint density at radius 2 is 1.58 bits per heavy atom. The molecule has 3 heteroatoms. The fourth-order valence-electron chi connectivity index (χ4n) is 1.85. The van der Waals surface area contributed by atoms with Crippen molar-refractivity contribution in [2.75, 3.05) is 0 Å². The first kappa shape index (κ1) is 14.6. The zero-order valence-corrected chi connectivity index (χ0v) is 14.1. The van der Waals surface area contributed by atoms with Gasteiger partial charge in [0.05, 0.1) is 10.9 Å². The molecule has 100 valence electrons. The Balaban J connectivity index is 2.20. The Hall–Kier alpha value is -0.800. The van der Waals surface area contributed by atoms with Gasteiger partial charge >= 0.3 is 0 Å². The minimum atomic E-state index is 0.177. The van der Waals surface area contributed by atoms with E-state index < -0.39 is 0 Å². The molecule has 0 radical (unpaired) electrons. The van der Waals surface area contributed by atoms with Crippen molar-refractivity contribution in [3.05, 3.63) is 64.1 Å². The van der Waals surface area contributed by atoms with Gasteiger partial charge in [0.1, 0.15) is 5.75 Å². The highest BCUT2D eigenvalue weighted by Crippen LogP contribution is 2.35. The molecule has 0 amide bonds. The summed E-state index contributed by atoms with van der Waals surface area (Å²) in [5.74, 6) is 0.908. The summed E-state index contributed by atoms with van der Waals surface area (Å²) in [6.07, 6.45) is 0.203. The summed E-state index contributed by atoms with van der Waals surface area (Å²) in [6.45, 7) is 4.06. The number of hydrogen-bond acceptors (Lipinski definition) is 1. The summed E-state index contributed by atoms with van der Waals surface area (Å²) < 4.78 is 6.76. The van der Waals surface area contributed by atoms with E-state index in [4.69, 9.17) is 4.74 Å². The van der Waals surface area contributed by atoms with Crippen molar-refractivity contribution >= 4 is 31.9 Å². The van der Waals surface area contributed by atoms with Crippen molar-refractivity contribution in [3.8, 4) is 5.75 Å². The molecule has 0 aliphatic rings. The lowest BCUT2D eigenvalue weighted by atomic mass is 10.0. The summed E-state index contributed by atoms with van der Waals surface area (Å²) in [5, 5.41) is 0. The third-order valence-corrected chi connectivity index (χ3v) is 4.47. The van der Waals surface area contributed by atoms with Gasteiger partial charge in [0.2, 0.25) is 0 Å². The first-order valence-electron chi connectivity index (χ1n) is 6.23. The monoisotopic (exact) mass is 382 g/mol. The van der Waals surface area contributed by atoms with Crippen LogP contribution in [0.3, 0.4) is 0 Å². The largest absolute Gasteiger partial charge is 0.491 e. The van der Waals surface area contributed by atoms with Gasteiger partial charge in [-0.05, 0) is 43.2 Å². The SMILES string of the molecule is CC(C)Oc1ccc(C(Br)c2ccccc2Br)cc1. The number of hydrogen-bond donors (Lipinski definition) is 0. The van der Waals surface area contributed by atoms with Crippen LogP contribution in [0.5, 0.6) is 5.75 Å². The van der Waals surface area contributed by atoms with Crippen molar-refractivity contribution in [2.24, 2.45) is 0 Å². The molecule has 2 aromatic carbocycles. The Kier molecular flexibility index (Phi) is 5.06. The van der Waals surface area contributed by atoms with Crippen LogP contribution in [0.15, 0.2) is 53.0 Å². The van der Waals surface area contributed by atoms with Gasteiger partial charge in [-0.1, -0.05) is 62.2 Å². The van der Waals surface area contributed by atoms with Crippen LogP contribution in [-0.2, 0) is 0 Å². The second-order valence-electron chi connectivity index (χ2n) is 4.62. The molecule has 0 aliphatic heterocycles. The topological polar surface area (TPSA) is 9.23 Å². The Morgan fingerprint density at radius 3 is 2.16 bits per heavy atom. The molecule has 0 saturated carbocycles.